The van der Waals surface area contributed by atoms with E-state index in [9.17, 15) is 22.0 Å². The number of halogens is 2. The first kappa shape index (κ1) is 26.8. The molecule has 2 aliphatic rings. The number of hydrogen-bond acceptors (Lipinski definition) is 5. The summed E-state index contributed by atoms with van der Waals surface area (Å²) in [5, 5.41) is 0. The van der Waals surface area contributed by atoms with Crippen molar-refractivity contribution < 1.29 is 31.5 Å². The van der Waals surface area contributed by atoms with Crippen molar-refractivity contribution in [1.82, 2.24) is 13.9 Å². The lowest BCUT2D eigenvalue weighted by molar-refractivity contribution is -0.0247. The molecule has 0 spiro atoms. The van der Waals surface area contributed by atoms with E-state index in [0.717, 1.165) is 17.1 Å². The van der Waals surface area contributed by atoms with E-state index >= 15 is 0 Å². The van der Waals surface area contributed by atoms with Gasteiger partial charge in [-0.05, 0) is 50.0 Å². The molecule has 0 unspecified atom stereocenters. The number of carbonyl (C=O) groups excluding carboxylic acids is 1. The topological polar surface area (TPSA) is 88.2 Å². The standard InChI is InChI=1S/C23H35F2N3O5S/c1-27(2)34(30,31)26-20-9-6-14-28(23(29)32-3)21(20)15-33-17-12-10-16(11-13-17)18-7-4-5-8-19(18)22(24)25/h4-5,7-8,16-17,20-22,26H,6,9-15H2,1-3H3/t16?,17?,20-,21-/m0/s1. The Bertz CT molecular complexity index is 923. The lowest BCUT2D eigenvalue weighted by atomic mass is 9.81. The minimum absolute atomic E-state index is 0.0611. The minimum Gasteiger partial charge on any atom is -0.453 e. The molecule has 3 rings (SSSR count). The molecule has 1 N–H and O–H groups in total. The molecule has 0 radical (unpaired) electrons. The first-order chi connectivity index (χ1) is 16.1. The second kappa shape index (κ2) is 11.7. The molecule has 34 heavy (non-hydrogen) atoms. The highest BCUT2D eigenvalue weighted by Gasteiger charge is 2.38. The molecule has 1 amide bonds. The van der Waals surface area contributed by atoms with Gasteiger partial charge in [-0.3, -0.25) is 0 Å². The van der Waals surface area contributed by atoms with Crippen molar-refractivity contribution in [2.24, 2.45) is 0 Å². The van der Waals surface area contributed by atoms with Crippen LogP contribution in [-0.4, -0.2) is 76.3 Å². The van der Waals surface area contributed by atoms with Crippen LogP contribution in [0.25, 0.3) is 0 Å². The Hall–Kier alpha value is -1.82. The lowest BCUT2D eigenvalue weighted by Crippen LogP contribution is -2.60. The molecule has 2 atom stereocenters. The minimum atomic E-state index is -3.69. The average Bonchev–Trinajstić information content (AvgIpc) is 2.82. The molecule has 2 fully saturated rings. The molecular formula is C23H35F2N3O5S. The Kier molecular flexibility index (Phi) is 9.25. The lowest BCUT2D eigenvalue weighted by Gasteiger charge is -2.41. The fraction of sp³-hybridized carbons (Fsp3) is 0.696. The van der Waals surface area contributed by atoms with Crippen LogP contribution < -0.4 is 4.72 Å². The molecular weight excluding hydrogens is 468 g/mol. The summed E-state index contributed by atoms with van der Waals surface area (Å²) >= 11 is 0. The van der Waals surface area contributed by atoms with E-state index in [-0.39, 0.29) is 24.2 Å². The summed E-state index contributed by atoms with van der Waals surface area (Å²) in [6.45, 7) is 0.622. The fourth-order valence-corrected chi connectivity index (χ4v) is 5.77. The maximum Gasteiger partial charge on any atom is 0.409 e. The second-order valence-electron chi connectivity index (χ2n) is 9.12. The van der Waals surface area contributed by atoms with Gasteiger partial charge in [0.25, 0.3) is 16.6 Å². The average molecular weight is 504 g/mol. The van der Waals surface area contributed by atoms with Crippen LogP contribution in [-0.2, 0) is 19.7 Å². The van der Waals surface area contributed by atoms with Gasteiger partial charge >= 0.3 is 6.09 Å². The van der Waals surface area contributed by atoms with Gasteiger partial charge in [-0.15, -0.1) is 0 Å². The molecule has 11 heteroatoms. The van der Waals surface area contributed by atoms with Gasteiger partial charge in [-0.1, -0.05) is 24.3 Å². The van der Waals surface area contributed by atoms with Crippen molar-refractivity contribution >= 4 is 16.3 Å². The van der Waals surface area contributed by atoms with Crippen LogP contribution in [0.4, 0.5) is 13.6 Å². The van der Waals surface area contributed by atoms with Crippen LogP contribution in [0.3, 0.4) is 0 Å². The molecule has 1 saturated carbocycles. The molecule has 1 heterocycles. The first-order valence-corrected chi connectivity index (χ1v) is 13.1. The van der Waals surface area contributed by atoms with Crippen molar-refractivity contribution in [3.05, 3.63) is 35.4 Å². The number of methoxy groups -OCH3 is 1. The second-order valence-corrected chi connectivity index (χ2v) is 11.0. The number of nitrogens with zero attached hydrogens (tertiary/aromatic N) is 2. The number of nitrogens with one attached hydrogen (secondary N) is 1. The number of amides is 1. The summed E-state index contributed by atoms with van der Waals surface area (Å²) in [5.41, 5.74) is 0.803. The zero-order valence-electron chi connectivity index (χ0n) is 20.0. The summed E-state index contributed by atoms with van der Waals surface area (Å²) in [5.74, 6) is 0.0611. The third-order valence-electron chi connectivity index (χ3n) is 6.82. The number of piperidine rings is 1. The molecule has 1 aromatic carbocycles. The number of rotatable bonds is 8. The van der Waals surface area contributed by atoms with Crippen molar-refractivity contribution in [3.8, 4) is 0 Å². The van der Waals surface area contributed by atoms with E-state index < -0.39 is 34.8 Å². The normalized spacial score (nSPS) is 26.1. The van der Waals surface area contributed by atoms with Gasteiger partial charge in [0.05, 0.1) is 25.9 Å². The van der Waals surface area contributed by atoms with E-state index in [2.05, 4.69) is 4.72 Å². The zero-order chi connectivity index (χ0) is 24.9. The Balaban J connectivity index is 1.64. The third kappa shape index (κ3) is 6.44. The van der Waals surface area contributed by atoms with E-state index in [1.807, 2.05) is 0 Å². The zero-order valence-corrected chi connectivity index (χ0v) is 20.8. The van der Waals surface area contributed by atoms with Gasteiger partial charge < -0.3 is 14.4 Å². The summed E-state index contributed by atoms with van der Waals surface area (Å²) < 4.78 is 66.5. The predicted octanol–water partition coefficient (Wildman–Crippen LogP) is 3.66. The van der Waals surface area contributed by atoms with Crippen LogP contribution in [0.5, 0.6) is 0 Å². The number of hydrogen-bond donors (Lipinski definition) is 1. The quantitative estimate of drug-likeness (QED) is 0.585. The monoisotopic (exact) mass is 503 g/mol. The molecule has 1 aliphatic carbocycles. The third-order valence-corrected chi connectivity index (χ3v) is 8.38. The molecule has 0 bridgehead atoms. The number of benzene rings is 1. The highest BCUT2D eigenvalue weighted by Crippen LogP contribution is 2.38. The van der Waals surface area contributed by atoms with E-state index in [0.29, 0.717) is 37.8 Å². The van der Waals surface area contributed by atoms with Crippen LogP contribution in [0.15, 0.2) is 24.3 Å². The molecule has 1 saturated heterocycles. The van der Waals surface area contributed by atoms with Crippen molar-refractivity contribution in [1.29, 1.82) is 0 Å². The molecule has 8 nitrogen and oxygen atoms in total. The highest BCUT2D eigenvalue weighted by molar-refractivity contribution is 7.87. The van der Waals surface area contributed by atoms with E-state index in [1.165, 1.54) is 32.2 Å². The van der Waals surface area contributed by atoms with Crippen LogP contribution in [0.2, 0.25) is 0 Å². The van der Waals surface area contributed by atoms with Gasteiger partial charge in [0.15, 0.2) is 0 Å². The predicted molar refractivity (Wildman–Crippen MR) is 124 cm³/mol. The largest absolute Gasteiger partial charge is 0.453 e. The number of ether oxygens (including phenoxy) is 2. The Morgan fingerprint density at radius 2 is 1.85 bits per heavy atom. The Labute approximate surface area is 200 Å². The number of likely N-dealkylation sites (tertiary alicyclic amines) is 1. The number of alkyl halides is 2. The molecule has 1 aromatic rings. The molecule has 192 valence electrons. The smallest absolute Gasteiger partial charge is 0.409 e. The van der Waals surface area contributed by atoms with E-state index in [1.54, 1.807) is 18.2 Å². The SMILES string of the molecule is COC(=O)N1CCC[C@H](NS(=O)(=O)N(C)C)[C@@H]1COC1CCC(c2ccccc2C(F)F)CC1. The van der Waals surface area contributed by atoms with Crippen LogP contribution in [0.1, 0.15) is 62.0 Å². The van der Waals surface area contributed by atoms with Gasteiger partial charge in [0, 0.05) is 32.2 Å². The summed E-state index contributed by atoms with van der Waals surface area (Å²) in [7, 11) is 0.495. The molecule has 1 aliphatic heterocycles. The summed E-state index contributed by atoms with van der Waals surface area (Å²) in [6.07, 6.45) is 1.00. The maximum atomic E-state index is 13.4. The molecule has 0 aromatic heterocycles. The van der Waals surface area contributed by atoms with Gasteiger partial charge in [-0.2, -0.15) is 17.4 Å². The van der Waals surface area contributed by atoms with Gasteiger partial charge in [0.1, 0.15) is 0 Å². The summed E-state index contributed by atoms with van der Waals surface area (Å²) in [6, 6.07) is 5.69. The Morgan fingerprint density at radius 3 is 2.47 bits per heavy atom. The van der Waals surface area contributed by atoms with Gasteiger partial charge in [0.2, 0.25) is 0 Å². The van der Waals surface area contributed by atoms with Crippen LogP contribution in [0, 0.1) is 0 Å². The van der Waals surface area contributed by atoms with Gasteiger partial charge in [-0.25, -0.2) is 13.6 Å². The van der Waals surface area contributed by atoms with Crippen LogP contribution >= 0.6 is 0 Å². The van der Waals surface area contributed by atoms with Crippen molar-refractivity contribution in [2.75, 3.05) is 34.4 Å². The first-order valence-electron chi connectivity index (χ1n) is 11.7. The maximum absolute atomic E-state index is 13.4. The highest BCUT2D eigenvalue weighted by atomic mass is 32.2. The van der Waals surface area contributed by atoms with Crippen molar-refractivity contribution in [3.63, 3.8) is 0 Å². The summed E-state index contributed by atoms with van der Waals surface area (Å²) in [4.78, 5) is 13.9. The van der Waals surface area contributed by atoms with Crippen molar-refractivity contribution in [2.45, 2.75) is 69.1 Å². The fourth-order valence-electron chi connectivity index (χ4n) is 4.90. The number of carbonyl (C=O) groups is 1. The van der Waals surface area contributed by atoms with E-state index in [4.69, 9.17) is 9.47 Å². The Morgan fingerprint density at radius 1 is 1.18 bits per heavy atom.